The van der Waals surface area contributed by atoms with Crippen molar-refractivity contribution in [2.45, 2.75) is 12.8 Å². The Morgan fingerprint density at radius 3 is 2.69 bits per heavy atom. The number of halogens is 1. The quantitative estimate of drug-likeness (QED) is 0.663. The van der Waals surface area contributed by atoms with E-state index >= 15 is 0 Å². The Balaban J connectivity index is 2.44. The van der Waals surface area contributed by atoms with Gasteiger partial charge in [0.05, 0.1) is 6.61 Å². The van der Waals surface area contributed by atoms with Crippen LogP contribution in [-0.2, 0) is 14.3 Å². The van der Waals surface area contributed by atoms with Crippen LogP contribution < -0.4 is 0 Å². The first kappa shape index (κ1) is 13.7. The fraction of sp³-hybridized carbons (Fsp3) is 0.909. The molecule has 1 saturated heterocycles. The molecule has 1 heterocycles. The number of carbonyl (C=O) groups excluding carboxylic acids is 1. The summed E-state index contributed by atoms with van der Waals surface area (Å²) in [5.41, 5.74) is 0. The van der Waals surface area contributed by atoms with Gasteiger partial charge in [0.25, 0.3) is 0 Å². The highest BCUT2D eigenvalue weighted by molar-refractivity contribution is 6.18. The zero-order valence-corrected chi connectivity index (χ0v) is 10.5. The topological polar surface area (TPSA) is 38.8 Å². The van der Waals surface area contributed by atoms with E-state index in [2.05, 4.69) is 0 Å². The minimum absolute atomic E-state index is 0.105. The van der Waals surface area contributed by atoms with Gasteiger partial charge in [-0.1, -0.05) is 0 Å². The molecule has 0 N–H and O–H groups in total. The van der Waals surface area contributed by atoms with Gasteiger partial charge in [0, 0.05) is 45.2 Å². The minimum atomic E-state index is 0.105. The Labute approximate surface area is 102 Å². The Kier molecular flexibility index (Phi) is 6.76. The number of nitrogens with zero attached hydrogens (tertiary/aromatic N) is 1. The Hall–Kier alpha value is -0.320. The van der Waals surface area contributed by atoms with Gasteiger partial charge in [-0.15, -0.1) is 11.6 Å². The molecule has 1 amide bonds. The molecule has 1 fully saturated rings. The molecule has 94 valence electrons. The molecule has 5 heteroatoms. The first-order chi connectivity index (χ1) is 7.79. The van der Waals surface area contributed by atoms with Crippen LogP contribution in [0.25, 0.3) is 0 Å². The fourth-order valence-electron chi connectivity index (χ4n) is 1.84. The van der Waals surface area contributed by atoms with Crippen molar-refractivity contribution in [1.29, 1.82) is 0 Å². The van der Waals surface area contributed by atoms with Crippen LogP contribution in [0.15, 0.2) is 0 Å². The lowest BCUT2D eigenvalue weighted by atomic mass is 9.98. The molecule has 0 unspecified atom stereocenters. The zero-order valence-electron chi connectivity index (χ0n) is 9.78. The van der Waals surface area contributed by atoms with Gasteiger partial charge in [0.15, 0.2) is 0 Å². The molecule has 16 heavy (non-hydrogen) atoms. The van der Waals surface area contributed by atoms with Crippen LogP contribution in [0.2, 0.25) is 0 Å². The van der Waals surface area contributed by atoms with Crippen LogP contribution in [0.4, 0.5) is 0 Å². The molecule has 1 aliphatic rings. The standard InChI is InChI=1S/C11H20ClNO3/c1-15-9-6-13(5-4-12)11(14)10-2-7-16-8-3-10/h10H,2-9H2,1H3. The van der Waals surface area contributed by atoms with Gasteiger partial charge in [-0.3, -0.25) is 4.79 Å². The first-order valence-electron chi connectivity index (χ1n) is 5.71. The summed E-state index contributed by atoms with van der Waals surface area (Å²) >= 11 is 5.70. The second-order valence-electron chi connectivity index (χ2n) is 3.89. The van der Waals surface area contributed by atoms with Crippen molar-refractivity contribution >= 4 is 17.5 Å². The molecule has 0 bridgehead atoms. The summed E-state index contributed by atoms with van der Waals surface area (Å²) in [6, 6.07) is 0. The molecule has 0 aliphatic carbocycles. The summed E-state index contributed by atoms with van der Waals surface area (Å²) in [5.74, 6) is 0.772. The highest BCUT2D eigenvalue weighted by Crippen LogP contribution is 2.17. The molecular formula is C11H20ClNO3. The van der Waals surface area contributed by atoms with Crippen LogP contribution in [0.1, 0.15) is 12.8 Å². The zero-order chi connectivity index (χ0) is 11.8. The normalized spacial score (nSPS) is 17.4. The Morgan fingerprint density at radius 2 is 2.12 bits per heavy atom. The van der Waals surface area contributed by atoms with Gasteiger partial charge in [0.2, 0.25) is 5.91 Å². The minimum Gasteiger partial charge on any atom is -0.383 e. The number of amides is 1. The van der Waals surface area contributed by atoms with Crippen molar-refractivity contribution in [3.8, 4) is 0 Å². The van der Waals surface area contributed by atoms with E-state index in [1.54, 1.807) is 12.0 Å². The van der Waals surface area contributed by atoms with Crippen molar-refractivity contribution in [1.82, 2.24) is 4.90 Å². The van der Waals surface area contributed by atoms with Gasteiger partial charge >= 0.3 is 0 Å². The van der Waals surface area contributed by atoms with Crippen molar-refractivity contribution in [3.63, 3.8) is 0 Å². The van der Waals surface area contributed by atoms with E-state index < -0.39 is 0 Å². The maximum atomic E-state index is 12.2. The van der Waals surface area contributed by atoms with Crippen molar-refractivity contribution in [2.24, 2.45) is 5.92 Å². The van der Waals surface area contributed by atoms with Crippen LogP contribution in [0.3, 0.4) is 0 Å². The molecule has 4 nitrogen and oxygen atoms in total. The number of hydrogen-bond donors (Lipinski definition) is 0. The third-order valence-electron chi connectivity index (χ3n) is 2.80. The van der Waals surface area contributed by atoms with Crippen LogP contribution in [0, 0.1) is 5.92 Å². The molecular weight excluding hydrogens is 230 g/mol. The van der Waals surface area contributed by atoms with Crippen molar-refractivity contribution in [3.05, 3.63) is 0 Å². The lowest BCUT2D eigenvalue weighted by Crippen LogP contribution is -2.41. The SMILES string of the molecule is COCCN(CCCl)C(=O)C1CCOCC1. The Bertz CT molecular complexity index is 207. The molecule has 0 saturated carbocycles. The third kappa shape index (κ3) is 4.28. The predicted octanol–water partition coefficient (Wildman–Crippen LogP) is 1.13. The van der Waals surface area contributed by atoms with Crippen molar-refractivity contribution < 1.29 is 14.3 Å². The molecule has 0 radical (unpaired) electrons. The van der Waals surface area contributed by atoms with Gasteiger partial charge in [-0.2, -0.15) is 0 Å². The van der Waals surface area contributed by atoms with E-state index in [1.807, 2.05) is 0 Å². The summed E-state index contributed by atoms with van der Waals surface area (Å²) in [4.78, 5) is 13.9. The van der Waals surface area contributed by atoms with Crippen LogP contribution in [0.5, 0.6) is 0 Å². The molecule has 0 aromatic heterocycles. The number of carbonyl (C=O) groups is 1. The average molecular weight is 250 g/mol. The van der Waals surface area contributed by atoms with E-state index in [1.165, 1.54) is 0 Å². The third-order valence-corrected chi connectivity index (χ3v) is 2.97. The van der Waals surface area contributed by atoms with Crippen LogP contribution in [-0.4, -0.2) is 56.7 Å². The van der Waals surface area contributed by atoms with E-state index in [9.17, 15) is 4.79 Å². The highest BCUT2D eigenvalue weighted by atomic mass is 35.5. The maximum absolute atomic E-state index is 12.2. The number of methoxy groups -OCH3 is 1. The highest BCUT2D eigenvalue weighted by Gasteiger charge is 2.25. The summed E-state index contributed by atoms with van der Waals surface area (Å²) in [7, 11) is 1.64. The largest absolute Gasteiger partial charge is 0.383 e. The number of ether oxygens (including phenoxy) is 2. The smallest absolute Gasteiger partial charge is 0.225 e. The molecule has 0 spiro atoms. The fourth-order valence-corrected chi connectivity index (χ4v) is 2.04. The molecule has 1 rings (SSSR count). The average Bonchev–Trinajstić information content (AvgIpc) is 2.35. The van der Waals surface area contributed by atoms with Gasteiger partial charge in [0.1, 0.15) is 0 Å². The van der Waals surface area contributed by atoms with E-state index in [0.717, 1.165) is 12.8 Å². The second kappa shape index (κ2) is 7.87. The number of rotatable bonds is 6. The lowest BCUT2D eigenvalue weighted by molar-refractivity contribution is -0.138. The van der Waals surface area contributed by atoms with Crippen LogP contribution >= 0.6 is 11.6 Å². The lowest BCUT2D eigenvalue weighted by Gasteiger charge is -2.28. The molecule has 1 aliphatic heterocycles. The molecule has 0 aromatic carbocycles. The summed E-state index contributed by atoms with van der Waals surface area (Å²) in [6.07, 6.45) is 1.65. The Morgan fingerprint density at radius 1 is 1.44 bits per heavy atom. The monoisotopic (exact) mass is 249 g/mol. The van der Waals surface area contributed by atoms with Crippen molar-refractivity contribution in [2.75, 3.05) is 45.9 Å². The van der Waals surface area contributed by atoms with E-state index in [0.29, 0.717) is 38.8 Å². The van der Waals surface area contributed by atoms with E-state index in [-0.39, 0.29) is 11.8 Å². The first-order valence-corrected chi connectivity index (χ1v) is 6.24. The predicted molar refractivity (Wildman–Crippen MR) is 62.7 cm³/mol. The summed E-state index contributed by atoms with van der Waals surface area (Å²) in [5, 5.41) is 0. The molecule has 0 aromatic rings. The number of hydrogen-bond acceptors (Lipinski definition) is 3. The van der Waals surface area contributed by atoms with Gasteiger partial charge < -0.3 is 14.4 Å². The molecule has 0 atom stereocenters. The number of alkyl halides is 1. The van der Waals surface area contributed by atoms with Gasteiger partial charge in [-0.25, -0.2) is 0 Å². The summed E-state index contributed by atoms with van der Waals surface area (Å²) in [6.45, 7) is 3.16. The maximum Gasteiger partial charge on any atom is 0.225 e. The second-order valence-corrected chi connectivity index (χ2v) is 4.27. The van der Waals surface area contributed by atoms with Gasteiger partial charge in [-0.05, 0) is 12.8 Å². The summed E-state index contributed by atoms with van der Waals surface area (Å²) < 4.78 is 10.2. The van der Waals surface area contributed by atoms with E-state index in [4.69, 9.17) is 21.1 Å².